The largest absolute Gasteiger partial charge is 0.335 e. The lowest BCUT2D eigenvalue weighted by Gasteiger charge is -2.17. The van der Waals surface area contributed by atoms with E-state index in [1.54, 1.807) is 0 Å². The van der Waals surface area contributed by atoms with Crippen LogP contribution >= 0.6 is 0 Å². The summed E-state index contributed by atoms with van der Waals surface area (Å²) in [5.74, 6) is 2.80. The van der Waals surface area contributed by atoms with E-state index in [9.17, 15) is 0 Å². The van der Waals surface area contributed by atoms with Crippen LogP contribution in [0.5, 0.6) is 0 Å². The van der Waals surface area contributed by atoms with E-state index < -0.39 is 10.2 Å². The number of hydrogen-bond donors (Lipinski definition) is 0. The fourth-order valence-electron chi connectivity index (χ4n) is 2.35. The smallest absolute Gasteiger partial charge is 0.222 e. The number of halogens is 1. The first-order valence-electron chi connectivity index (χ1n) is 6.25. The van der Waals surface area contributed by atoms with Crippen LogP contribution < -0.4 is 18.6 Å². The number of aryl methyl sites for hydroxylation is 2. The van der Waals surface area contributed by atoms with Gasteiger partial charge in [-0.3, -0.25) is 0 Å². The van der Waals surface area contributed by atoms with Crippen molar-refractivity contribution in [3.63, 3.8) is 0 Å². The molecule has 6 heteroatoms. The maximum atomic E-state index is 8.49. The Morgan fingerprint density at radius 2 is 1.63 bits per heavy atom. The second-order valence-electron chi connectivity index (χ2n) is 4.96. The van der Waals surface area contributed by atoms with E-state index in [-0.39, 0.29) is 0 Å². The molecule has 0 unspecified atom stereocenters. The zero-order valence-corrected chi connectivity index (χ0v) is 12.2. The van der Waals surface area contributed by atoms with Gasteiger partial charge in [-0.25, -0.2) is 23.1 Å². The lowest BCUT2D eigenvalue weighted by molar-refractivity contribution is -2.00. The molecule has 1 aliphatic carbocycles. The van der Waals surface area contributed by atoms with Crippen molar-refractivity contribution in [1.82, 2.24) is 0 Å². The van der Waals surface area contributed by atoms with Gasteiger partial charge in [-0.15, -0.1) is 10.2 Å². The van der Waals surface area contributed by atoms with Gasteiger partial charge in [0, 0.05) is 6.07 Å². The van der Waals surface area contributed by atoms with E-state index >= 15 is 0 Å². The third kappa shape index (κ3) is 5.84. The van der Waals surface area contributed by atoms with Crippen LogP contribution in [0.4, 0.5) is 0 Å². The molecular formula is C13H19ClO5. The molecule has 0 saturated carbocycles. The lowest BCUT2D eigenvalue weighted by atomic mass is 9.88. The van der Waals surface area contributed by atoms with Gasteiger partial charge in [0.15, 0.2) is 0 Å². The average molecular weight is 291 g/mol. The summed E-state index contributed by atoms with van der Waals surface area (Å²) in [5, 5.41) is 0. The maximum Gasteiger partial charge on any atom is 0.335 e. The molecule has 0 saturated heterocycles. The minimum absolute atomic E-state index is 0.516. The second kappa shape index (κ2) is 6.63. The van der Waals surface area contributed by atoms with Gasteiger partial charge in [-0.2, -0.15) is 0 Å². The Labute approximate surface area is 115 Å². The van der Waals surface area contributed by atoms with Gasteiger partial charge in [0.05, 0.1) is 18.4 Å². The Bertz CT molecular complexity index is 420. The number of fused-ring (bicyclic) bond motifs is 1. The molecule has 0 radical (unpaired) electrons. The molecule has 1 heterocycles. The van der Waals surface area contributed by atoms with Crippen molar-refractivity contribution in [3.8, 4) is 0 Å². The van der Waals surface area contributed by atoms with Crippen LogP contribution in [-0.2, 0) is 12.8 Å². The predicted molar refractivity (Wildman–Crippen MR) is 58.6 cm³/mol. The number of rotatable bonds is 1. The van der Waals surface area contributed by atoms with Crippen LogP contribution in [0.2, 0.25) is 0 Å². The van der Waals surface area contributed by atoms with Gasteiger partial charge in [-0.1, -0.05) is 13.8 Å². The molecular weight excluding hydrogens is 272 g/mol. The summed E-state index contributed by atoms with van der Waals surface area (Å²) in [5.41, 5.74) is 3.03. The van der Waals surface area contributed by atoms with Gasteiger partial charge in [0.1, 0.15) is 0 Å². The van der Waals surface area contributed by atoms with Crippen molar-refractivity contribution in [2.24, 2.45) is 0 Å². The summed E-state index contributed by atoms with van der Waals surface area (Å²) in [6.07, 6.45) is 5.12. The molecule has 0 spiro atoms. The van der Waals surface area contributed by atoms with E-state index in [0.29, 0.717) is 5.92 Å². The molecule has 1 aromatic heterocycles. The molecule has 0 bridgehead atoms. The zero-order valence-electron chi connectivity index (χ0n) is 11.4. The molecule has 1 aliphatic rings. The lowest BCUT2D eigenvalue weighted by Crippen LogP contribution is -2.68. The molecule has 0 amide bonds. The Kier molecular flexibility index (Phi) is 5.70. The summed E-state index contributed by atoms with van der Waals surface area (Å²) in [6.45, 7) is 6.49. The normalized spacial score (nSPS) is 14.7. The molecule has 0 aromatic carbocycles. The molecule has 2 rings (SSSR count). The van der Waals surface area contributed by atoms with Crippen LogP contribution in [0, 0.1) is 17.2 Å². The van der Waals surface area contributed by atoms with E-state index in [1.807, 2.05) is 0 Å². The first kappa shape index (κ1) is 16.3. The van der Waals surface area contributed by atoms with Crippen LogP contribution in [0.15, 0.2) is 10.5 Å². The highest BCUT2D eigenvalue weighted by Crippen LogP contribution is 2.30. The molecule has 19 heavy (non-hydrogen) atoms. The van der Waals surface area contributed by atoms with E-state index in [4.69, 9.17) is 23.1 Å². The Morgan fingerprint density at radius 3 is 2.16 bits per heavy atom. The van der Waals surface area contributed by atoms with E-state index in [1.165, 1.54) is 42.6 Å². The molecule has 0 atom stereocenters. The van der Waals surface area contributed by atoms with E-state index in [0.717, 1.165) is 5.76 Å². The fourth-order valence-corrected chi connectivity index (χ4v) is 2.35. The predicted octanol–water partition coefficient (Wildman–Crippen LogP) is -0.885. The van der Waals surface area contributed by atoms with E-state index in [2.05, 4.69) is 26.8 Å². The van der Waals surface area contributed by atoms with Crippen molar-refractivity contribution in [1.29, 1.82) is 0 Å². The van der Waals surface area contributed by atoms with Crippen LogP contribution in [0.1, 0.15) is 55.3 Å². The summed E-state index contributed by atoms with van der Waals surface area (Å²) in [4.78, 5) is 0. The SMILES string of the molecule is Cc1cc2c(c(C(C)C)[o+]1)CCCC2.[O-][Cl+3]([O-])([O-])[O-]. The van der Waals surface area contributed by atoms with Crippen LogP contribution in [0.3, 0.4) is 0 Å². The van der Waals surface area contributed by atoms with Gasteiger partial charge < -0.3 is 0 Å². The minimum atomic E-state index is -4.94. The first-order valence-corrected chi connectivity index (χ1v) is 7.49. The molecule has 0 N–H and O–H groups in total. The van der Waals surface area contributed by atoms with Crippen molar-refractivity contribution in [3.05, 3.63) is 28.7 Å². The second-order valence-corrected chi connectivity index (χ2v) is 5.72. The summed E-state index contributed by atoms with van der Waals surface area (Å²) in [6, 6.07) is 2.22. The minimum Gasteiger partial charge on any atom is -0.222 e. The molecule has 5 nitrogen and oxygen atoms in total. The Balaban J connectivity index is 0.000000312. The van der Waals surface area contributed by atoms with Gasteiger partial charge in [0.2, 0.25) is 0 Å². The van der Waals surface area contributed by atoms with Crippen molar-refractivity contribution in [2.75, 3.05) is 0 Å². The molecule has 108 valence electrons. The Morgan fingerprint density at radius 1 is 1.11 bits per heavy atom. The molecule has 1 aromatic rings. The average Bonchev–Trinajstić information content (AvgIpc) is 2.25. The summed E-state index contributed by atoms with van der Waals surface area (Å²) in [7, 11) is -4.94. The van der Waals surface area contributed by atoms with Crippen LogP contribution in [-0.4, -0.2) is 0 Å². The molecule has 0 fully saturated rings. The van der Waals surface area contributed by atoms with Crippen molar-refractivity contribution >= 4 is 0 Å². The Hall–Kier alpha value is -0.720. The van der Waals surface area contributed by atoms with Crippen molar-refractivity contribution in [2.45, 2.75) is 52.4 Å². The quantitative estimate of drug-likeness (QED) is 0.625. The summed E-state index contributed by atoms with van der Waals surface area (Å²) >= 11 is 0. The highest BCUT2D eigenvalue weighted by molar-refractivity contribution is 5.33. The maximum absolute atomic E-state index is 8.49. The van der Waals surface area contributed by atoms with Gasteiger partial charge in [-0.05, 0) is 31.2 Å². The van der Waals surface area contributed by atoms with Crippen LogP contribution in [0.25, 0.3) is 0 Å². The van der Waals surface area contributed by atoms with Crippen molar-refractivity contribution < 1.29 is 33.3 Å². The molecule has 0 aliphatic heterocycles. The third-order valence-electron chi connectivity index (χ3n) is 2.98. The highest BCUT2D eigenvalue weighted by atomic mass is 35.7. The standard InChI is InChI=1S/C13H19O.ClHO4/c1-9(2)13-12-7-5-4-6-11(12)8-10(3)14-13;2-1(3,4)5/h8-9H,4-7H2,1-3H3;(H,2,3,4,5)/q+1;/p-1. The monoisotopic (exact) mass is 290 g/mol. The third-order valence-corrected chi connectivity index (χ3v) is 2.98. The fraction of sp³-hybridized carbons (Fsp3) is 0.615. The summed E-state index contributed by atoms with van der Waals surface area (Å²) < 4.78 is 39.8. The van der Waals surface area contributed by atoms with Gasteiger partial charge >= 0.3 is 11.5 Å². The topological polar surface area (TPSA) is 104 Å². The first-order chi connectivity index (χ1) is 8.68. The highest BCUT2D eigenvalue weighted by Gasteiger charge is 2.26. The number of hydrogen-bond acceptors (Lipinski definition) is 4. The zero-order chi connectivity index (χ0) is 14.6. The van der Waals surface area contributed by atoms with Gasteiger partial charge in [0.25, 0.3) is 0 Å².